The highest BCUT2D eigenvalue weighted by atomic mass is 32.2. The topological polar surface area (TPSA) is 29.1 Å². The Bertz CT molecular complexity index is 280. The van der Waals surface area contributed by atoms with Crippen molar-refractivity contribution < 1.29 is 4.21 Å². The van der Waals surface area contributed by atoms with Gasteiger partial charge in [-0.15, -0.1) is 0 Å². The van der Waals surface area contributed by atoms with Crippen molar-refractivity contribution in [3.63, 3.8) is 0 Å². The van der Waals surface area contributed by atoms with Gasteiger partial charge in [-0.25, -0.2) is 0 Å². The van der Waals surface area contributed by atoms with Gasteiger partial charge in [0.25, 0.3) is 0 Å². The Hall–Kier alpha value is 0.110. The second-order valence-electron chi connectivity index (χ2n) is 7.02. The summed E-state index contributed by atoms with van der Waals surface area (Å²) >= 11 is 0. The molecule has 3 atom stereocenters. The molecule has 0 spiro atoms. The monoisotopic (exact) mass is 259 g/mol. The van der Waals surface area contributed by atoms with Crippen molar-refractivity contribution >= 4 is 10.8 Å². The molecule has 0 saturated heterocycles. The van der Waals surface area contributed by atoms with Crippen molar-refractivity contribution in [1.29, 1.82) is 0 Å². The van der Waals surface area contributed by atoms with Crippen LogP contribution in [0.4, 0.5) is 0 Å². The summed E-state index contributed by atoms with van der Waals surface area (Å²) in [7, 11) is -0.764. The molecule has 1 N–H and O–H groups in total. The predicted molar refractivity (Wildman–Crippen MR) is 76.8 cm³/mol. The standard InChI is InChI=1S/C14H29NOS/c1-7-15-11-8-9-14(5,6)10-12(11)17(16)13(2,3)4/h11-12,15H,7-10H2,1-6H3. The maximum absolute atomic E-state index is 12.7. The molecular weight excluding hydrogens is 230 g/mol. The van der Waals surface area contributed by atoms with Crippen LogP contribution in [0.3, 0.4) is 0 Å². The van der Waals surface area contributed by atoms with E-state index in [4.69, 9.17) is 0 Å². The van der Waals surface area contributed by atoms with E-state index in [2.05, 4.69) is 46.9 Å². The minimum Gasteiger partial charge on any atom is -0.313 e. The van der Waals surface area contributed by atoms with E-state index in [1.165, 1.54) is 6.42 Å². The molecular formula is C14H29NOS. The summed E-state index contributed by atoms with van der Waals surface area (Å²) in [5.41, 5.74) is 0.345. The van der Waals surface area contributed by atoms with Gasteiger partial charge in [0.1, 0.15) is 0 Å². The third-order valence-corrected chi connectivity index (χ3v) is 5.93. The second-order valence-corrected chi connectivity index (χ2v) is 9.44. The van der Waals surface area contributed by atoms with Gasteiger partial charge < -0.3 is 5.32 Å². The molecule has 1 saturated carbocycles. The lowest BCUT2D eigenvalue weighted by molar-refractivity contribution is 0.212. The fraction of sp³-hybridized carbons (Fsp3) is 1.00. The maximum Gasteiger partial charge on any atom is 0.0511 e. The molecule has 1 aliphatic rings. The Labute approximate surface area is 109 Å². The molecule has 0 radical (unpaired) electrons. The van der Waals surface area contributed by atoms with Crippen LogP contribution in [-0.2, 0) is 10.8 Å². The van der Waals surface area contributed by atoms with Gasteiger partial charge in [-0.3, -0.25) is 4.21 Å². The summed E-state index contributed by atoms with van der Waals surface area (Å²) in [5.74, 6) is 0. The first-order valence-corrected chi connectivity index (χ1v) is 8.03. The van der Waals surface area contributed by atoms with Crippen molar-refractivity contribution in [2.45, 2.75) is 76.8 Å². The first-order valence-electron chi connectivity index (χ1n) is 6.81. The quantitative estimate of drug-likeness (QED) is 0.844. The third-order valence-electron chi connectivity index (χ3n) is 3.68. The molecule has 0 aliphatic heterocycles. The summed E-state index contributed by atoms with van der Waals surface area (Å²) in [4.78, 5) is 0. The van der Waals surface area contributed by atoms with Gasteiger partial charge in [-0.05, 0) is 52.0 Å². The molecule has 102 valence electrons. The van der Waals surface area contributed by atoms with Crippen LogP contribution in [0.2, 0.25) is 0 Å². The molecule has 3 unspecified atom stereocenters. The zero-order chi connectivity index (χ0) is 13.3. The molecule has 0 aromatic rings. The summed E-state index contributed by atoms with van der Waals surface area (Å²) in [6.45, 7) is 14.0. The molecule has 0 aromatic heterocycles. The molecule has 3 heteroatoms. The number of rotatable bonds is 3. The molecule has 0 aromatic carbocycles. The Morgan fingerprint density at radius 3 is 2.41 bits per heavy atom. The lowest BCUT2D eigenvalue weighted by Crippen LogP contribution is -2.51. The predicted octanol–water partition coefficient (Wildman–Crippen LogP) is 3.09. The molecule has 0 heterocycles. The van der Waals surface area contributed by atoms with Crippen LogP contribution < -0.4 is 5.32 Å². The summed E-state index contributed by atoms with van der Waals surface area (Å²) in [6.07, 6.45) is 3.48. The van der Waals surface area contributed by atoms with Crippen LogP contribution in [0.15, 0.2) is 0 Å². The SMILES string of the molecule is CCNC1CCC(C)(C)CC1S(=O)C(C)(C)C. The van der Waals surface area contributed by atoms with E-state index in [9.17, 15) is 4.21 Å². The Kier molecular flexibility index (Phi) is 4.81. The highest BCUT2D eigenvalue weighted by Crippen LogP contribution is 2.39. The molecule has 0 bridgehead atoms. The van der Waals surface area contributed by atoms with E-state index in [1.54, 1.807) is 0 Å². The van der Waals surface area contributed by atoms with Crippen molar-refractivity contribution in [1.82, 2.24) is 5.32 Å². The average Bonchev–Trinajstić information content (AvgIpc) is 2.18. The summed E-state index contributed by atoms with van der Waals surface area (Å²) in [5, 5.41) is 3.84. The molecule has 1 aliphatic carbocycles. The van der Waals surface area contributed by atoms with E-state index in [0.717, 1.165) is 19.4 Å². The Morgan fingerprint density at radius 1 is 1.35 bits per heavy atom. The second kappa shape index (κ2) is 5.40. The van der Waals surface area contributed by atoms with Crippen molar-refractivity contribution in [3.05, 3.63) is 0 Å². The van der Waals surface area contributed by atoms with E-state index in [0.29, 0.717) is 16.7 Å². The lowest BCUT2D eigenvalue weighted by Gasteiger charge is -2.42. The van der Waals surface area contributed by atoms with Gasteiger partial charge in [0.2, 0.25) is 0 Å². The first-order chi connectivity index (χ1) is 7.67. The summed E-state index contributed by atoms with van der Waals surface area (Å²) < 4.78 is 12.6. The maximum atomic E-state index is 12.7. The highest BCUT2D eigenvalue weighted by molar-refractivity contribution is 7.87. The molecule has 0 amide bonds. The van der Waals surface area contributed by atoms with Crippen LogP contribution in [0.5, 0.6) is 0 Å². The van der Waals surface area contributed by atoms with Gasteiger partial charge in [-0.1, -0.05) is 20.8 Å². The van der Waals surface area contributed by atoms with Crippen LogP contribution in [0.25, 0.3) is 0 Å². The smallest absolute Gasteiger partial charge is 0.0511 e. The zero-order valence-corrected chi connectivity index (χ0v) is 13.1. The normalized spacial score (nSPS) is 31.2. The lowest BCUT2D eigenvalue weighted by atomic mass is 9.75. The van der Waals surface area contributed by atoms with Crippen LogP contribution >= 0.6 is 0 Å². The van der Waals surface area contributed by atoms with Gasteiger partial charge in [0.15, 0.2) is 0 Å². The highest BCUT2D eigenvalue weighted by Gasteiger charge is 2.40. The Morgan fingerprint density at radius 2 is 1.94 bits per heavy atom. The van der Waals surface area contributed by atoms with Crippen LogP contribution in [-0.4, -0.2) is 26.8 Å². The fourth-order valence-electron chi connectivity index (χ4n) is 2.70. The number of nitrogens with one attached hydrogen (secondary N) is 1. The fourth-order valence-corrected chi connectivity index (χ4v) is 4.74. The number of hydrogen-bond donors (Lipinski definition) is 1. The molecule has 17 heavy (non-hydrogen) atoms. The largest absolute Gasteiger partial charge is 0.313 e. The van der Waals surface area contributed by atoms with Gasteiger partial charge in [0, 0.05) is 21.6 Å². The van der Waals surface area contributed by atoms with Crippen molar-refractivity contribution in [3.8, 4) is 0 Å². The number of hydrogen-bond acceptors (Lipinski definition) is 2. The van der Waals surface area contributed by atoms with Crippen LogP contribution in [0.1, 0.15) is 60.8 Å². The first kappa shape index (κ1) is 15.2. The zero-order valence-electron chi connectivity index (χ0n) is 12.3. The molecule has 2 nitrogen and oxygen atoms in total. The van der Waals surface area contributed by atoms with Crippen molar-refractivity contribution in [2.75, 3.05) is 6.54 Å². The van der Waals surface area contributed by atoms with E-state index < -0.39 is 10.8 Å². The van der Waals surface area contributed by atoms with E-state index in [1.807, 2.05) is 0 Å². The van der Waals surface area contributed by atoms with E-state index >= 15 is 0 Å². The third kappa shape index (κ3) is 4.06. The minimum atomic E-state index is -0.764. The van der Waals surface area contributed by atoms with Crippen molar-refractivity contribution in [2.24, 2.45) is 5.41 Å². The van der Waals surface area contributed by atoms with Gasteiger partial charge in [-0.2, -0.15) is 0 Å². The average molecular weight is 259 g/mol. The summed E-state index contributed by atoms with van der Waals surface area (Å²) in [6, 6.07) is 0.438. The Balaban J connectivity index is 2.84. The minimum absolute atomic E-state index is 0.105. The van der Waals surface area contributed by atoms with Gasteiger partial charge >= 0.3 is 0 Å². The molecule has 1 rings (SSSR count). The van der Waals surface area contributed by atoms with Gasteiger partial charge in [0.05, 0.1) is 5.25 Å². The van der Waals surface area contributed by atoms with Crippen LogP contribution in [0, 0.1) is 5.41 Å². The molecule has 1 fully saturated rings. The van der Waals surface area contributed by atoms with E-state index in [-0.39, 0.29) is 4.75 Å².